The molecule has 19 heavy (non-hydrogen) atoms. The van der Waals surface area contributed by atoms with Crippen LogP contribution in [0.4, 0.5) is 0 Å². The predicted octanol–water partition coefficient (Wildman–Crippen LogP) is 1.81. The van der Waals surface area contributed by atoms with Gasteiger partial charge in [0, 0.05) is 18.9 Å². The molecule has 0 saturated heterocycles. The molecular formula is C14H25NO4. The van der Waals surface area contributed by atoms with Crippen molar-refractivity contribution in [2.45, 2.75) is 59.1 Å². The fourth-order valence-corrected chi connectivity index (χ4v) is 1.93. The van der Waals surface area contributed by atoms with E-state index in [-0.39, 0.29) is 29.3 Å². The Labute approximate surface area is 114 Å². The molecule has 110 valence electrons. The van der Waals surface area contributed by atoms with Crippen LogP contribution in [0.15, 0.2) is 0 Å². The van der Waals surface area contributed by atoms with E-state index in [4.69, 9.17) is 9.84 Å². The lowest BCUT2D eigenvalue weighted by Gasteiger charge is -2.21. The van der Waals surface area contributed by atoms with Crippen LogP contribution in [-0.2, 0) is 14.3 Å². The van der Waals surface area contributed by atoms with E-state index in [2.05, 4.69) is 5.32 Å². The molecule has 0 aromatic carbocycles. The molecule has 1 saturated carbocycles. The van der Waals surface area contributed by atoms with Gasteiger partial charge in [0.1, 0.15) is 6.04 Å². The monoisotopic (exact) mass is 271 g/mol. The van der Waals surface area contributed by atoms with Gasteiger partial charge in [-0.3, -0.25) is 4.79 Å². The third-order valence-corrected chi connectivity index (χ3v) is 3.39. The molecule has 0 aliphatic heterocycles. The number of amides is 1. The van der Waals surface area contributed by atoms with Crippen molar-refractivity contribution in [1.82, 2.24) is 5.32 Å². The van der Waals surface area contributed by atoms with Gasteiger partial charge in [0.25, 0.3) is 0 Å². The zero-order chi connectivity index (χ0) is 14.8. The van der Waals surface area contributed by atoms with Gasteiger partial charge in [-0.2, -0.15) is 0 Å². The van der Waals surface area contributed by atoms with Crippen LogP contribution in [0.1, 0.15) is 47.5 Å². The van der Waals surface area contributed by atoms with Crippen LogP contribution in [0.25, 0.3) is 0 Å². The van der Waals surface area contributed by atoms with Gasteiger partial charge in [-0.05, 0) is 32.6 Å². The normalized spacial score (nSPS) is 22.7. The highest BCUT2D eigenvalue weighted by Crippen LogP contribution is 2.51. The summed E-state index contributed by atoms with van der Waals surface area (Å²) in [6.45, 7) is 10.1. The van der Waals surface area contributed by atoms with Crippen molar-refractivity contribution in [3.05, 3.63) is 0 Å². The van der Waals surface area contributed by atoms with E-state index in [1.807, 2.05) is 34.6 Å². The van der Waals surface area contributed by atoms with Gasteiger partial charge < -0.3 is 15.2 Å². The van der Waals surface area contributed by atoms with Gasteiger partial charge in [0.2, 0.25) is 5.91 Å². The first-order valence-electron chi connectivity index (χ1n) is 6.70. The molecule has 1 amide bonds. The van der Waals surface area contributed by atoms with E-state index in [1.165, 1.54) is 0 Å². The number of hydrogen-bond donors (Lipinski definition) is 2. The third-order valence-electron chi connectivity index (χ3n) is 3.39. The molecular weight excluding hydrogens is 246 g/mol. The molecule has 2 N–H and O–H groups in total. The Morgan fingerprint density at radius 3 is 2.32 bits per heavy atom. The average Bonchev–Trinajstić information content (AvgIpc) is 2.84. The van der Waals surface area contributed by atoms with Crippen molar-refractivity contribution in [3.63, 3.8) is 0 Å². The van der Waals surface area contributed by atoms with E-state index in [1.54, 1.807) is 0 Å². The molecule has 1 fully saturated rings. The first-order valence-corrected chi connectivity index (χ1v) is 6.70. The van der Waals surface area contributed by atoms with E-state index in [9.17, 15) is 9.59 Å². The van der Waals surface area contributed by atoms with Crippen molar-refractivity contribution in [2.75, 3.05) is 6.61 Å². The quantitative estimate of drug-likeness (QED) is 0.772. The van der Waals surface area contributed by atoms with Crippen molar-refractivity contribution < 1.29 is 19.4 Å². The number of ether oxygens (including phenoxy) is 1. The maximum absolute atomic E-state index is 11.9. The molecule has 5 heteroatoms. The molecule has 0 bridgehead atoms. The Kier molecular flexibility index (Phi) is 4.61. The maximum Gasteiger partial charge on any atom is 0.326 e. The number of carbonyl (C=O) groups is 2. The number of carbonyl (C=O) groups excluding carboxylic acids is 1. The zero-order valence-electron chi connectivity index (χ0n) is 12.4. The molecule has 0 spiro atoms. The Morgan fingerprint density at radius 2 is 1.95 bits per heavy atom. The first kappa shape index (κ1) is 16.0. The highest BCUT2D eigenvalue weighted by molar-refractivity contribution is 5.87. The smallest absolute Gasteiger partial charge is 0.326 e. The maximum atomic E-state index is 11.9. The van der Waals surface area contributed by atoms with Gasteiger partial charge >= 0.3 is 5.97 Å². The Hall–Kier alpha value is -1.10. The predicted molar refractivity (Wildman–Crippen MR) is 71.8 cm³/mol. The second-order valence-electron chi connectivity index (χ2n) is 6.89. The second kappa shape index (κ2) is 5.49. The summed E-state index contributed by atoms with van der Waals surface area (Å²) in [6, 6.07) is -0.869. The van der Waals surface area contributed by atoms with Crippen LogP contribution in [0.3, 0.4) is 0 Å². The van der Waals surface area contributed by atoms with Gasteiger partial charge in [0.15, 0.2) is 0 Å². The van der Waals surface area contributed by atoms with Crippen LogP contribution < -0.4 is 5.32 Å². The lowest BCUT2D eigenvalue weighted by Crippen LogP contribution is -2.43. The molecule has 0 heterocycles. The van der Waals surface area contributed by atoms with Crippen molar-refractivity contribution in [2.24, 2.45) is 11.3 Å². The summed E-state index contributed by atoms with van der Waals surface area (Å²) in [4.78, 5) is 23.0. The van der Waals surface area contributed by atoms with Crippen LogP contribution in [0.2, 0.25) is 0 Å². The first-order chi connectivity index (χ1) is 8.53. The molecule has 1 aliphatic rings. The van der Waals surface area contributed by atoms with Crippen LogP contribution in [0, 0.1) is 11.3 Å². The SMILES string of the molecule is CC(C)(C)OCCC(NC(=O)C1CC1(C)C)C(=O)O. The number of carboxylic acids is 1. The number of nitrogens with one attached hydrogen (secondary N) is 1. The fraction of sp³-hybridized carbons (Fsp3) is 0.857. The summed E-state index contributed by atoms with van der Waals surface area (Å²) in [5, 5.41) is 11.7. The standard InChI is InChI=1S/C14H25NO4/c1-13(2,3)19-7-6-10(12(17)18)15-11(16)9-8-14(9,4)5/h9-10H,6-8H2,1-5H3,(H,15,16)(H,17,18). The number of carboxylic acid groups (broad SMARTS) is 1. The minimum atomic E-state index is -1.01. The molecule has 0 radical (unpaired) electrons. The minimum Gasteiger partial charge on any atom is -0.480 e. The summed E-state index contributed by atoms with van der Waals surface area (Å²) >= 11 is 0. The Bertz CT molecular complexity index is 357. The van der Waals surface area contributed by atoms with E-state index in [0.29, 0.717) is 6.61 Å². The third kappa shape index (κ3) is 5.19. The summed E-state index contributed by atoms with van der Waals surface area (Å²) in [7, 11) is 0. The van der Waals surface area contributed by atoms with Crippen molar-refractivity contribution in [1.29, 1.82) is 0 Å². The zero-order valence-corrected chi connectivity index (χ0v) is 12.4. The van der Waals surface area contributed by atoms with Crippen molar-refractivity contribution >= 4 is 11.9 Å². The Morgan fingerprint density at radius 1 is 1.42 bits per heavy atom. The Balaban J connectivity index is 2.41. The van der Waals surface area contributed by atoms with Gasteiger partial charge in [0.05, 0.1) is 5.60 Å². The molecule has 2 unspecified atom stereocenters. The van der Waals surface area contributed by atoms with E-state index >= 15 is 0 Å². The number of rotatable bonds is 6. The number of aliphatic carboxylic acids is 1. The summed E-state index contributed by atoms with van der Waals surface area (Å²) in [5.74, 6) is -1.23. The largest absolute Gasteiger partial charge is 0.480 e. The molecule has 5 nitrogen and oxygen atoms in total. The second-order valence-corrected chi connectivity index (χ2v) is 6.89. The molecule has 1 aliphatic carbocycles. The number of hydrogen-bond acceptors (Lipinski definition) is 3. The van der Waals surface area contributed by atoms with Crippen LogP contribution in [0.5, 0.6) is 0 Å². The summed E-state index contributed by atoms with van der Waals surface area (Å²) in [6.07, 6.45) is 1.11. The highest BCUT2D eigenvalue weighted by atomic mass is 16.5. The minimum absolute atomic E-state index is 0.00897. The topological polar surface area (TPSA) is 75.6 Å². The van der Waals surface area contributed by atoms with Crippen LogP contribution >= 0.6 is 0 Å². The summed E-state index contributed by atoms with van der Waals surface area (Å²) < 4.78 is 5.49. The summed E-state index contributed by atoms with van der Waals surface area (Å²) in [5.41, 5.74) is -0.291. The van der Waals surface area contributed by atoms with E-state index in [0.717, 1.165) is 6.42 Å². The lowest BCUT2D eigenvalue weighted by molar-refractivity contribution is -0.143. The highest BCUT2D eigenvalue weighted by Gasteiger charge is 2.51. The molecule has 0 aromatic rings. The van der Waals surface area contributed by atoms with Gasteiger partial charge in [-0.1, -0.05) is 13.8 Å². The molecule has 0 aromatic heterocycles. The molecule has 1 rings (SSSR count). The molecule has 2 atom stereocenters. The average molecular weight is 271 g/mol. The van der Waals surface area contributed by atoms with Gasteiger partial charge in [-0.15, -0.1) is 0 Å². The van der Waals surface area contributed by atoms with Crippen molar-refractivity contribution in [3.8, 4) is 0 Å². The lowest BCUT2D eigenvalue weighted by atomic mass is 10.1. The van der Waals surface area contributed by atoms with E-state index < -0.39 is 12.0 Å². The van der Waals surface area contributed by atoms with Gasteiger partial charge in [-0.25, -0.2) is 4.79 Å². The van der Waals surface area contributed by atoms with Crippen LogP contribution in [-0.4, -0.2) is 35.2 Å². The fourth-order valence-electron chi connectivity index (χ4n) is 1.93.